The van der Waals surface area contributed by atoms with Crippen LogP contribution in [0.1, 0.15) is 47.7 Å². The Morgan fingerprint density at radius 2 is 2.24 bits per heavy atom. The highest BCUT2D eigenvalue weighted by atomic mass is 32.1. The number of nitrogens with one attached hydrogen (secondary N) is 2. The van der Waals surface area contributed by atoms with Crippen molar-refractivity contribution in [2.75, 3.05) is 5.32 Å². The number of carbonyl (C=O) groups excluding carboxylic acids is 1. The number of thiazole rings is 1. The van der Waals surface area contributed by atoms with Crippen LogP contribution in [0.2, 0.25) is 0 Å². The number of thiocarbonyl (C=S) groups is 1. The zero-order chi connectivity index (χ0) is 18.2. The second-order valence-corrected chi connectivity index (χ2v) is 8.03. The minimum absolute atomic E-state index is 0.0446. The molecule has 1 aliphatic rings. The van der Waals surface area contributed by atoms with Gasteiger partial charge in [-0.15, -0.1) is 11.3 Å². The number of hydrazone groups is 1. The van der Waals surface area contributed by atoms with E-state index in [1.807, 2.05) is 6.92 Å². The first-order valence-electron chi connectivity index (χ1n) is 7.72. The third kappa shape index (κ3) is 3.72. The van der Waals surface area contributed by atoms with Gasteiger partial charge in [0.1, 0.15) is 5.76 Å². The summed E-state index contributed by atoms with van der Waals surface area (Å²) in [6.45, 7) is 6.10. The Morgan fingerprint density at radius 1 is 1.48 bits per heavy atom. The van der Waals surface area contributed by atoms with Gasteiger partial charge in [0.15, 0.2) is 16.0 Å². The fourth-order valence-corrected chi connectivity index (χ4v) is 3.56. The zero-order valence-corrected chi connectivity index (χ0v) is 15.8. The predicted octanol–water partition coefficient (Wildman–Crippen LogP) is 2.81. The molecule has 1 amide bonds. The summed E-state index contributed by atoms with van der Waals surface area (Å²) in [5, 5.41) is 9.50. The summed E-state index contributed by atoms with van der Waals surface area (Å²) in [5.74, 6) is 0.712. The maximum Gasteiger partial charge on any atom is 0.293 e. The van der Waals surface area contributed by atoms with Gasteiger partial charge in [-0.25, -0.2) is 4.98 Å². The van der Waals surface area contributed by atoms with Crippen molar-refractivity contribution in [2.45, 2.75) is 33.6 Å². The van der Waals surface area contributed by atoms with Gasteiger partial charge in [-0.2, -0.15) is 5.10 Å². The molecular weight excluding hydrogens is 358 g/mol. The van der Waals surface area contributed by atoms with Crippen LogP contribution in [0.5, 0.6) is 0 Å². The Bertz CT molecular complexity index is 852. The van der Waals surface area contributed by atoms with Gasteiger partial charge < -0.3 is 10.2 Å². The van der Waals surface area contributed by atoms with E-state index >= 15 is 0 Å². The van der Waals surface area contributed by atoms with Crippen molar-refractivity contribution in [3.05, 3.63) is 34.2 Å². The van der Waals surface area contributed by atoms with E-state index in [1.54, 1.807) is 11.6 Å². The Balaban J connectivity index is 1.98. The number of furan rings is 1. The Hall–Kier alpha value is -2.26. The van der Waals surface area contributed by atoms with Gasteiger partial charge in [0, 0.05) is 29.1 Å². The van der Waals surface area contributed by atoms with Crippen molar-refractivity contribution >= 4 is 45.4 Å². The highest BCUT2D eigenvalue weighted by molar-refractivity contribution is 7.80. The van der Waals surface area contributed by atoms with Gasteiger partial charge >= 0.3 is 0 Å². The van der Waals surface area contributed by atoms with E-state index in [1.165, 1.54) is 11.3 Å². The first kappa shape index (κ1) is 17.6. The minimum atomic E-state index is -0.318. The third-order valence-corrected chi connectivity index (χ3v) is 4.73. The number of aromatic nitrogens is 1. The second-order valence-electron chi connectivity index (χ2n) is 6.70. The number of nitrogens with two attached hydrogens (primary N) is 1. The van der Waals surface area contributed by atoms with Gasteiger partial charge in [0.05, 0.1) is 5.71 Å². The normalized spacial score (nSPS) is 17.2. The number of hydrogen-bond acceptors (Lipinski definition) is 6. The molecule has 0 spiro atoms. The molecule has 0 bridgehead atoms. The number of anilines is 1. The molecule has 132 valence electrons. The number of fused-ring (bicyclic) bond motifs is 1. The molecule has 1 aliphatic carbocycles. The molecule has 0 aliphatic heterocycles. The molecule has 0 fully saturated rings. The van der Waals surface area contributed by atoms with E-state index in [2.05, 4.69) is 34.7 Å². The molecule has 2 aromatic rings. The maximum atomic E-state index is 12.6. The lowest BCUT2D eigenvalue weighted by Gasteiger charge is -2.29. The van der Waals surface area contributed by atoms with Crippen molar-refractivity contribution in [1.82, 2.24) is 10.4 Å². The van der Waals surface area contributed by atoms with Crippen LogP contribution in [-0.2, 0) is 6.42 Å². The highest BCUT2D eigenvalue weighted by Crippen LogP contribution is 2.39. The molecular formula is C16H19N5O2S2. The lowest BCUT2D eigenvalue weighted by atomic mass is 9.75. The molecule has 2 heterocycles. The highest BCUT2D eigenvalue weighted by Gasteiger charge is 2.36. The fourth-order valence-electron chi connectivity index (χ4n) is 2.99. The van der Waals surface area contributed by atoms with Gasteiger partial charge in [-0.05, 0) is 31.0 Å². The summed E-state index contributed by atoms with van der Waals surface area (Å²) < 4.78 is 5.91. The van der Waals surface area contributed by atoms with Gasteiger partial charge in [-0.3, -0.25) is 15.5 Å². The second kappa shape index (κ2) is 6.57. The first-order chi connectivity index (χ1) is 11.8. The Morgan fingerprint density at radius 3 is 2.88 bits per heavy atom. The predicted molar refractivity (Wildman–Crippen MR) is 102 cm³/mol. The quantitative estimate of drug-likeness (QED) is 0.561. The van der Waals surface area contributed by atoms with Crippen LogP contribution in [0.4, 0.5) is 5.13 Å². The summed E-state index contributed by atoms with van der Waals surface area (Å²) in [5.41, 5.74) is 10.5. The number of nitrogens with zero attached hydrogens (tertiary/aromatic N) is 2. The molecule has 0 aromatic carbocycles. The van der Waals surface area contributed by atoms with Crippen molar-refractivity contribution in [2.24, 2.45) is 16.3 Å². The topological polar surface area (TPSA) is 106 Å². The molecule has 0 atom stereocenters. The monoisotopic (exact) mass is 377 g/mol. The van der Waals surface area contributed by atoms with Crippen molar-refractivity contribution in [1.29, 1.82) is 0 Å². The Labute approximate surface area is 154 Å². The summed E-state index contributed by atoms with van der Waals surface area (Å²) >= 11 is 6.18. The van der Waals surface area contributed by atoms with Crippen molar-refractivity contribution < 1.29 is 9.21 Å². The van der Waals surface area contributed by atoms with Crippen LogP contribution >= 0.6 is 23.6 Å². The van der Waals surface area contributed by atoms with E-state index in [-0.39, 0.29) is 22.2 Å². The molecule has 25 heavy (non-hydrogen) atoms. The summed E-state index contributed by atoms with van der Waals surface area (Å²) in [6, 6.07) is 0. The van der Waals surface area contributed by atoms with Crippen LogP contribution in [0.25, 0.3) is 0 Å². The third-order valence-electron chi connectivity index (χ3n) is 3.95. The molecule has 0 radical (unpaired) electrons. The largest absolute Gasteiger partial charge is 0.455 e. The molecule has 9 heteroatoms. The van der Waals surface area contributed by atoms with E-state index in [0.29, 0.717) is 5.13 Å². The van der Waals surface area contributed by atoms with E-state index in [9.17, 15) is 4.79 Å². The number of hydrogen-bond donors (Lipinski definition) is 3. The smallest absolute Gasteiger partial charge is 0.293 e. The fraction of sp³-hybridized carbons (Fsp3) is 0.375. The van der Waals surface area contributed by atoms with Crippen LogP contribution in [-0.4, -0.2) is 21.7 Å². The summed E-state index contributed by atoms with van der Waals surface area (Å²) in [4.78, 5) is 16.6. The number of amides is 1. The van der Waals surface area contributed by atoms with Gasteiger partial charge in [0.25, 0.3) is 5.91 Å². The zero-order valence-electron chi connectivity index (χ0n) is 14.2. The maximum absolute atomic E-state index is 12.6. The van der Waals surface area contributed by atoms with Gasteiger partial charge in [-0.1, -0.05) is 13.8 Å². The summed E-state index contributed by atoms with van der Waals surface area (Å²) in [6.07, 6.45) is 3.08. The van der Waals surface area contributed by atoms with Crippen LogP contribution in [0, 0.1) is 12.3 Å². The van der Waals surface area contributed by atoms with Crippen LogP contribution in [0.15, 0.2) is 21.1 Å². The molecule has 4 N–H and O–H groups in total. The number of carbonyl (C=O) groups is 1. The lowest BCUT2D eigenvalue weighted by Crippen LogP contribution is -2.31. The van der Waals surface area contributed by atoms with Crippen molar-refractivity contribution in [3.63, 3.8) is 0 Å². The van der Waals surface area contributed by atoms with Gasteiger partial charge in [0.2, 0.25) is 0 Å². The lowest BCUT2D eigenvalue weighted by molar-refractivity contribution is 0.0993. The molecule has 3 rings (SSSR count). The molecule has 2 aromatic heterocycles. The standard InChI is InChI=1S/C16H19N5O2S2/c1-8-11-9(20-21-14(17)24)6-16(2,3)7-10(11)23-12(8)13(22)19-15-18-4-5-25-15/h4-5H,6-7H2,1-3H3,(H3,17,21,24)(H,18,19,22)/b20-9-. The number of rotatable bonds is 3. The van der Waals surface area contributed by atoms with E-state index in [0.717, 1.165) is 35.4 Å². The molecule has 7 nitrogen and oxygen atoms in total. The Kier molecular flexibility index (Phi) is 4.61. The molecule has 0 unspecified atom stereocenters. The SMILES string of the molecule is Cc1c(C(=O)Nc2nccs2)oc2c1/C(=N\NC(N)=S)CC(C)(C)C2. The first-order valence-corrected chi connectivity index (χ1v) is 9.01. The van der Waals surface area contributed by atoms with E-state index in [4.69, 9.17) is 22.4 Å². The molecule has 0 saturated heterocycles. The molecule has 0 saturated carbocycles. The van der Waals surface area contributed by atoms with Crippen LogP contribution in [0.3, 0.4) is 0 Å². The van der Waals surface area contributed by atoms with Crippen LogP contribution < -0.4 is 16.5 Å². The minimum Gasteiger partial charge on any atom is -0.455 e. The average molecular weight is 377 g/mol. The van der Waals surface area contributed by atoms with E-state index < -0.39 is 0 Å². The van der Waals surface area contributed by atoms with Crippen molar-refractivity contribution in [3.8, 4) is 0 Å². The average Bonchev–Trinajstić information content (AvgIpc) is 3.11. The summed E-state index contributed by atoms with van der Waals surface area (Å²) in [7, 11) is 0.